The van der Waals surface area contributed by atoms with Gasteiger partial charge < -0.3 is 10.2 Å². The van der Waals surface area contributed by atoms with E-state index in [1.165, 1.54) is 22.7 Å². The number of nitrogens with one attached hydrogen (secondary N) is 1. The van der Waals surface area contributed by atoms with Crippen LogP contribution in [-0.4, -0.2) is 35.1 Å². The Hall–Kier alpha value is -2.05. The van der Waals surface area contributed by atoms with Crippen LogP contribution in [0.15, 0.2) is 48.5 Å². The highest BCUT2D eigenvalue weighted by atomic mass is 35.5. The predicted molar refractivity (Wildman–Crippen MR) is 117 cm³/mol. The summed E-state index contributed by atoms with van der Waals surface area (Å²) in [5.74, 6) is -0.0309. The minimum atomic E-state index is -0.694. The van der Waals surface area contributed by atoms with E-state index in [1.54, 1.807) is 31.2 Å². The fraction of sp³-hybridized carbons (Fsp3) is 0.364. The second-order valence-corrected chi connectivity index (χ2v) is 8.12. The maximum absolute atomic E-state index is 14.1. The average molecular weight is 437 g/mol. The third-order valence-electron chi connectivity index (χ3n) is 4.40. The molecule has 0 bridgehead atoms. The van der Waals surface area contributed by atoms with Gasteiger partial charge in [-0.3, -0.25) is 9.59 Å². The van der Waals surface area contributed by atoms with E-state index in [0.29, 0.717) is 22.9 Å². The highest BCUT2D eigenvalue weighted by Crippen LogP contribution is 2.19. The van der Waals surface area contributed by atoms with Crippen molar-refractivity contribution in [1.29, 1.82) is 0 Å². The highest BCUT2D eigenvalue weighted by Gasteiger charge is 2.26. The Kier molecular flexibility index (Phi) is 9.48. The summed E-state index contributed by atoms with van der Waals surface area (Å²) in [6.45, 7) is 4.21. The zero-order chi connectivity index (χ0) is 21.2. The van der Waals surface area contributed by atoms with Crippen LogP contribution in [0.25, 0.3) is 0 Å². The van der Waals surface area contributed by atoms with Crippen molar-refractivity contribution in [3.8, 4) is 0 Å². The standard InChI is InChI=1S/C22H26ClFN2O2S/c1-3-11-25-22(28)16(2)26(13-18-8-4-5-10-20(18)24)21(27)15-29-14-17-7-6-9-19(23)12-17/h4-10,12,16H,3,11,13-15H2,1-2H3,(H,25,28)/t16-/m0/s1. The van der Waals surface area contributed by atoms with Crippen LogP contribution in [0.3, 0.4) is 0 Å². The Morgan fingerprint density at radius 3 is 2.66 bits per heavy atom. The van der Waals surface area contributed by atoms with Crippen molar-refractivity contribution < 1.29 is 14.0 Å². The summed E-state index contributed by atoms with van der Waals surface area (Å²) in [5, 5.41) is 3.46. The number of rotatable bonds is 10. The van der Waals surface area contributed by atoms with E-state index in [0.717, 1.165) is 12.0 Å². The smallest absolute Gasteiger partial charge is 0.242 e. The summed E-state index contributed by atoms with van der Waals surface area (Å²) in [6, 6.07) is 13.1. The molecular weight excluding hydrogens is 411 g/mol. The molecule has 0 saturated heterocycles. The molecular formula is C22H26ClFN2O2S. The largest absolute Gasteiger partial charge is 0.354 e. The second kappa shape index (κ2) is 11.8. The average Bonchev–Trinajstić information content (AvgIpc) is 2.71. The first kappa shape index (κ1) is 23.2. The highest BCUT2D eigenvalue weighted by molar-refractivity contribution is 7.99. The van der Waals surface area contributed by atoms with E-state index in [4.69, 9.17) is 11.6 Å². The van der Waals surface area contributed by atoms with Gasteiger partial charge >= 0.3 is 0 Å². The number of hydrogen-bond donors (Lipinski definition) is 1. The van der Waals surface area contributed by atoms with Crippen LogP contribution >= 0.6 is 23.4 Å². The summed E-state index contributed by atoms with van der Waals surface area (Å²) in [4.78, 5) is 26.8. The molecule has 1 N–H and O–H groups in total. The molecule has 2 aromatic carbocycles. The first-order chi connectivity index (χ1) is 13.9. The van der Waals surface area contributed by atoms with Gasteiger partial charge in [0.2, 0.25) is 11.8 Å². The summed E-state index contributed by atoms with van der Waals surface area (Å²) in [6.07, 6.45) is 0.801. The first-order valence-corrected chi connectivity index (χ1v) is 11.1. The Balaban J connectivity index is 2.07. The second-order valence-electron chi connectivity index (χ2n) is 6.70. The van der Waals surface area contributed by atoms with Crippen molar-refractivity contribution in [1.82, 2.24) is 10.2 Å². The van der Waals surface area contributed by atoms with Gasteiger partial charge in [0.25, 0.3) is 0 Å². The minimum Gasteiger partial charge on any atom is -0.354 e. The molecule has 0 aliphatic heterocycles. The first-order valence-electron chi connectivity index (χ1n) is 9.55. The van der Waals surface area contributed by atoms with E-state index in [-0.39, 0.29) is 24.1 Å². The lowest BCUT2D eigenvalue weighted by molar-refractivity contribution is -0.138. The fourth-order valence-corrected chi connectivity index (χ4v) is 3.83. The van der Waals surface area contributed by atoms with Crippen molar-refractivity contribution in [3.63, 3.8) is 0 Å². The molecule has 0 unspecified atom stereocenters. The predicted octanol–water partition coefficient (Wildman–Crippen LogP) is 4.66. The number of benzene rings is 2. The maximum Gasteiger partial charge on any atom is 0.242 e. The van der Waals surface area contributed by atoms with E-state index in [9.17, 15) is 14.0 Å². The van der Waals surface area contributed by atoms with Gasteiger partial charge in [0.15, 0.2) is 0 Å². The van der Waals surface area contributed by atoms with E-state index in [1.807, 2.05) is 25.1 Å². The molecule has 2 aromatic rings. The number of carbonyl (C=O) groups excluding carboxylic acids is 2. The van der Waals surface area contributed by atoms with Crippen LogP contribution in [0.4, 0.5) is 4.39 Å². The van der Waals surface area contributed by atoms with Crippen molar-refractivity contribution in [2.75, 3.05) is 12.3 Å². The molecule has 1 atom stereocenters. The summed E-state index contributed by atoms with van der Waals surface area (Å²) in [7, 11) is 0. The summed E-state index contributed by atoms with van der Waals surface area (Å²) < 4.78 is 14.1. The van der Waals surface area contributed by atoms with Crippen LogP contribution in [0, 0.1) is 5.82 Å². The zero-order valence-electron chi connectivity index (χ0n) is 16.7. The van der Waals surface area contributed by atoms with Crippen LogP contribution in [-0.2, 0) is 21.9 Å². The topological polar surface area (TPSA) is 49.4 Å². The third-order valence-corrected chi connectivity index (χ3v) is 5.62. The van der Waals surface area contributed by atoms with Crippen molar-refractivity contribution in [2.45, 2.75) is 38.6 Å². The number of hydrogen-bond acceptors (Lipinski definition) is 3. The fourth-order valence-electron chi connectivity index (χ4n) is 2.75. The molecule has 156 valence electrons. The molecule has 0 fully saturated rings. The van der Waals surface area contributed by atoms with Crippen LogP contribution in [0.1, 0.15) is 31.4 Å². The SMILES string of the molecule is CCCNC(=O)[C@H](C)N(Cc1ccccc1F)C(=O)CSCc1cccc(Cl)c1. The molecule has 0 heterocycles. The van der Waals surface area contributed by atoms with Crippen LogP contribution in [0.2, 0.25) is 5.02 Å². The van der Waals surface area contributed by atoms with Crippen molar-refractivity contribution in [3.05, 3.63) is 70.5 Å². The quantitative estimate of drug-likeness (QED) is 0.589. The molecule has 29 heavy (non-hydrogen) atoms. The van der Waals surface area contributed by atoms with E-state index >= 15 is 0 Å². The van der Waals surface area contributed by atoms with Gasteiger partial charge in [-0.1, -0.05) is 48.9 Å². The number of carbonyl (C=O) groups is 2. The van der Waals surface area contributed by atoms with Gasteiger partial charge in [-0.15, -0.1) is 11.8 Å². The molecule has 0 spiro atoms. The molecule has 0 radical (unpaired) electrons. The van der Waals surface area contributed by atoms with Crippen LogP contribution in [0.5, 0.6) is 0 Å². The Morgan fingerprint density at radius 1 is 1.21 bits per heavy atom. The molecule has 2 rings (SSSR count). The molecule has 7 heteroatoms. The normalized spacial score (nSPS) is 11.7. The van der Waals surface area contributed by atoms with Gasteiger partial charge in [-0.25, -0.2) is 4.39 Å². The lowest BCUT2D eigenvalue weighted by Crippen LogP contribution is -2.48. The number of amides is 2. The Labute approximate surface area is 180 Å². The number of nitrogens with zero attached hydrogens (tertiary/aromatic N) is 1. The van der Waals surface area contributed by atoms with Crippen molar-refractivity contribution >= 4 is 35.2 Å². The van der Waals surface area contributed by atoms with E-state index < -0.39 is 11.9 Å². The van der Waals surface area contributed by atoms with Crippen molar-refractivity contribution in [2.24, 2.45) is 0 Å². The van der Waals surface area contributed by atoms with Gasteiger partial charge in [0.1, 0.15) is 11.9 Å². The molecule has 4 nitrogen and oxygen atoms in total. The monoisotopic (exact) mass is 436 g/mol. The van der Waals surface area contributed by atoms with E-state index in [2.05, 4.69) is 5.32 Å². The molecule has 0 aliphatic rings. The molecule has 2 amide bonds. The minimum absolute atomic E-state index is 0.0456. The lowest BCUT2D eigenvalue weighted by Gasteiger charge is -2.29. The maximum atomic E-state index is 14.1. The third kappa shape index (κ3) is 7.37. The van der Waals surface area contributed by atoms with Gasteiger partial charge in [0, 0.05) is 29.4 Å². The Morgan fingerprint density at radius 2 is 1.97 bits per heavy atom. The summed E-state index contributed by atoms with van der Waals surface area (Å²) >= 11 is 7.43. The lowest BCUT2D eigenvalue weighted by atomic mass is 10.1. The van der Waals surface area contributed by atoms with Gasteiger partial charge in [-0.05, 0) is 37.1 Å². The molecule has 0 saturated carbocycles. The molecule has 0 aromatic heterocycles. The summed E-state index contributed by atoms with van der Waals surface area (Å²) in [5.41, 5.74) is 1.40. The zero-order valence-corrected chi connectivity index (χ0v) is 18.2. The number of halogens is 2. The van der Waals surface area contributed by atoms with Gasteiger partial charge in [-0.2, -0.15) is 0 Å². The number of thioether (sulfide) groups is 1. The van der Waals surface area contributed by atoms with Gasteiger partial charge in [0.05, 0.1) is 5.75 Å². The Bertz CT molecular complexity index is 834. The van der Waals surface area contributed by atoms with Crippen LogP contribution < -0.4 is 5.32 Å². The molecule has 0 aliphatic carbocycles.